The van der Waals surface area contributed by atoms with Crippen molar-refractivity contribution >= 4 is 12.2 Å². The number of allylic oxidation sites excluding steroid dienone is 3. The Balaban J connectivity index is 3.39. The molecule has 0 spiro atoms. The Hall–Kier alpha value is -1.38. The molecule has 1 N–H and O–H groups in total. The van der Waals surface area contributed by atoms with Gasteiger partial charge in [0.05, 0.1) is 6.54 Å². The van der Waals surface area contributed by atoms with E-state index in [1.54, 1.807) is 12.4 Å². The van der Waals surface area contributed by atoms with Crippen molar-refractivity contribution in [3.8, 4) is 0 Å². The molecule has 1 amide bonds. The fourth-order valence-electron chi connectivity index (χ4n) is 1.54. The lowest BCUT2D eigenvalue weighted by Gasteiger charge is -1.97. The minimum Gasteiger partial charge on any atom is -0.345 e. The number of carbonyl (C=O) groups excluding carboxylic acids is 2. The molecule has 0 aromatic heterocycles. The van der Waals surface area contributed by atoms with Gasteiger partial charge in [0.1, 0.15) is 0 Å². The molecule has 0 aliphatic rings. The second-order valence-electron chi connectivity index (χ2n) is 4.21. The zero-order valence-corrected chi connectivity index (χ0v) is 11.3. The molecular weight excluding hydrogens is 226 g/mol. The lowest BCUT2D eigenvalue weighted by molar-refractivity contribution is -0.116. The highest BCUT2D eigenvalue weighted by Crippen LogP contribution is 2.06. The third kappa shape index (κ3) is 12.7. The summed E-state index contributed by atoms with van der Waals surface area (Å²) in [6, 6.07) is 0. The molecule has 3 heteroatoms. The van der Waals surface area contributed by atoms with Crippen molar-refractivity contribution in [2.24, 2.45) is 0 Å². The largest absolute Gasteiger partial charge is 0.345 e. The van der Waals surface area contributed by atoms with Gasteiger partial charge in [-0.2, -0.15) is 0 Å². The first-order valence-corrected chi connectivity index (χ1v) is 6.77. The molecule has 3 nitrogen and oxygen atoms in total. The first-order chi connectivity index (χ1) is 8.81. The van der Waals surface area contributed by atoms with Crippen LogP contribution in [-0.4, -0.2) is 18.7 Å². The highest BCUT2D eigenvalue weighted by atomic mass is 16.2. The molecule has 0 aliphatic carbocycles. The molecule has 0 aromatic carbocycles. The molecule has 1 radical (unpaired) electrons. The fourth-order valence-corrected chi connectivity index (χ4v) is 1.54. The van der Waals surface area contributed by atoms with Gasteiger partial charge in [-0.25, -0.2) is 0 Å². The Morgan fingerprint density at radius 1 is 1.11 bits per heavy atom. The topological polar surface area (TPSA) is 46.2 Å². The molecular formula is C15H24NO2. The number of hydrogen-bond donors (Lipinski definition) is 1. The van der Waals surface area contributed by atoms with Crippen LogP contribution in [0.2, 0.25) is 0 Å². The molecule has 0 fully saturated rings. The standard InChI is InChI=1S/C15H24NO2/c1-2-3-4-5-6-7-8-9-10-11-12-15(18)16-13-14-17/h9-12H,2-8,13H2,1H3,(H,16,18)/b10-9+,12-11+. The molecule has 0 bridgehead atoms. The van der Waals surface area contributed by atoms with Gasteiger partial charge in [-0.1, -0.05) is 57.3 Å². The summed E-state index contributed by atoms with van der Waals surface area (Å²) >= 11 is 0. The maximum atomic E-state index is 11.0. The van der Waals surface area contributed by atoms with Crippen molar-refractivity contribution in [2.45, 2.75) is 51.9 Å². The van der Waals surface area contributed by atoms with Gasteiger partial charge < -0.3 is 5.32 Å². The molecule has 18 heavy (non-hydrogen) atoms. The highest BCUT2D eigenvalue weighted by Gasteiger charge is 1.90. The number of hydrogen-bond acceptors (Lipinski definition) is 2. The molecule has 0 aromatic rings. The van der Waals surface area contributed by atoms with E-state index in [1.807, 2.05) is 6.08 Å². The third-order valence-electron chi connectivity index (χ3n) is 2.55. The van der Waals surface area contributed by atoms with E-state index < -0.39 is 0 Å². The van der Waals surface area contributed by atoms with Crippen molar-refractivity contribution in [1.29, 1.82) is 0 Å². The maximum Gasteiger partial charge on any atom is 0.244 e. The van der Waals surface area contributed by atoms with Crippen LogP contribution in [0.25, 0.3) is 0 Å². The lowest BCUT2D eigenvalue weighted by Crippen LogP contribution is -2.22. The summed E-state index contributed by atoms with van der Waals surface area (Å²) in [6.45, 7) is 2.17. The van der Waals surface area contributed by atoms with E-state index in [4.69, 9.17) is 0 Å². The monoisotopic (exact) mass is 250 g/mol. The van der Waals surface area contributed by atoms with Crippen LogP contribution >= 0.6 is 0 Å². The Labute approximate surface area is 110 Å². The Bertz CT molecular complexity index is 270. The van der Waals surface area contributed by atoms with Crippen molar-refractivity contribution in [3.63, 3.8) is 0 Å². The van der Waals surface area contributed by atoms with Crippen LogP contribution < -0.4 is 5.32 Å². The molecule has 0 rings (SSSR count). The number of carbonyl (C=O) groups is 1. The number of nitrogens with one attached hydrogen (secondary N) is 1. The van der Waals surface area contributed by atoms with Crippen molar-refractivity contribution < 1.29 is 9.59 Å². The van der Waals surface area contributed by atoms with Gasteiger partial charge in [-0.05, 0) is 12.8 Å². The average Bonchev–Trinajstić information content (AvgIpc) is 2.38. The maximum absolute atomic E-state index is 11.0. The predicted molar refractivity (Wildman–Crippen MR) is 75.0 cm³/mol. The van der Waals surface area contributed by atoms with E-state index in [1.165, 1.54) is 44.6 Å². The van der Waals surface area contributed by atoms with E-state index in [-0.39, 0.29) is 12.5 Å². The van der Waals surface area contributed by atoms with Gasteiger partial charge in [0.2, 0.25) is 12.2 Å². The zero-order valence-electron chi connectivity index (χ0n) is 11.3. The fraction of sp³-hybridized carbons (Fsp3) is 0.600. The smallest absolute Gasteiger partial charge is 0.244 e. The van der Waals surface area contributed by atoms with E-state index >= 15 is 0 Å². The molecule has 0 saturated carbocycles. The summed E-state index contributed by atoms with van der Waals surface area (Å²) in [5.41, 5.74) is 0. The van der Waals surface area contributed by atoms with Gasteiger partial charge in [0.15, 0.2) is 0 Å². The number of rotatable bonds is 11. The van der Waals surface area contributed by atoms with Crippen LogP contribution in [0.1, 0.15) is 51.9 Å². The van der Waals surface area contributed by atoms with Gasteiger partial charge in [0.25, 0.3) is 0 Å². The second kappa shape index (κ2) is 13.7. The molecule has 0 atom stereocenters. The molecule has 0 unspecified atom stereocenters. The summed E-state index contributed by atoms with van der Waals surface area (Å²) in [5, 5.41) is 2.38. The Morgan fingerprint density at radius 3 is 2.56 bits per heavy atom. The van der Waals surface area contributed by atoms with Gasteiger partial charge in [-0.15, -0.1) is 0 Å². The van der Waals surface area contributed by atoms with Crippen LogP contribution in [0.4, 0.5) is 0 Å². The summed E-state index contributed by atoms with van der Waals surface area (Å²) in [4.78, 5) is 20.9. The summed E-state index contributed by atoms with van der Waals surface area (Å²) in [6.07, 6.45) is 17.5. The highest BCUT2D eigenvalue weighted by molar-refractivity contribution is 5.88. The number of unbranched alkanes of at least 4 members (excludes halogenated alkanes) is 6. The van der Waals surface area contributed by atoms with Gasteiger partial charge in [-0.3, -0.25) is 9.59 Å². The Morgan fingerprint density at radius 2 is 1.83 bits per heavy atom. The molecule has 0 heterocycles. The minimum absolute atomic E-state index is 0.0509. The molecule has 101 valence electrons. The van der Waals surface area contributed by atoms with Gasteiger partial charge >= 0.3 is 0 Å². The first-order valence-electron chi connectivity index (χ1n) is 6.77. The zero-order chi connectivity index (χ0) is 13.5. The van der Waals surface area contributed by atoms with Crippen LogP contribution in [0, 0.1) is 0 Å². The van der Waals surface area contributed by atoms with E-state index in [0.717, 1.165) is 6.42 Å². The van der Waals surface area contributed by atoms with Crippen LogP contribution in [-0.2, 0) is 9.59 Å². The van der Waals surface area contributed by atoms with Crippen LogP contribution in [0.5, 0.6) is 0 Å². The summed E-state index contributed by atoms with van der Waals surface area (Å²) in [5.74, 6) is -0.262. The van der Waals surface area contributed by atoms with E-state index in [9.17, 15) is 9.59 Å². The minimum atomic E-state index is -0.262. The summed E-state index contributed by atoms with van der Waals surface area (Å²) < 4.78 is 0. The van der Waals surface area contributed by atoms with Crippen molar-refractivity contribution in [1.82, 2.24) is 5.32 Å². The van der Waals surface area contributed by atoms with E-state index in [2.05, 4.69) is 18.3 Å². The van der Waals surface area contributed by atoms with Crippen molar-refractivity contribution in [2.75, 3.05) is 6.54 Å². The molecule has 0 aliphatic heterocycles. The second-order valence-corrected chi connectivity index (χ2v) is 4.21. The third-order valence-corrected chi connectivity index (χ3v) is 2.55. The van der Waals surface area contributed by atoms with E-state index in [0.29, 0.717) is 0 Å². The lowest BCUT2D eigenvalue weighted by atomic mass is 10.1. The van der Waals surface area contributed by atoms with Gasteiger partial charge in [0, 0.05) is 6.08 Å². The first kappa shape index (κ1) is 16.6. The van der Waals surface area contributed by atoms with Crippen molar-refractivity contribution in [3.05, 3.63) is 24.3 Å². The average molecular weight is 250 g/mol. The Kier molecular flexibility index (Phi) is 12.6. The summed E-state index contributed by atoms with van der Waals surface area (Å²) in [7, 11) is 0. The normalized spacial score (nSPS) is 11.2. The quantitative estimate of drug-likeness (QED) is 0.348. The van der Waals surface area contributed by atoms with Crippen LogP contribution in [0.3, 0.4) is 0 Å². The SMILES string of the molecule is CCCCCCCC/C=C/C=C/C(=O)NC[C]=O. The number of amides is 1. The molecule has 0 saturated heterocycles. The van der Waals surface area contributed by atoms with Crippen LogP contribution in [0.15, 0.2) is 24.3 Å². The predicted octanol–water partition coefficient (Wildman–Crippen LogP) is 3.08.